The number of likely N-dealkylation sites (N-methyl/N-ethyl adjacent to an activating group) is 1. The van der Waals surface area contributed by atoms with Gasteiger partial charge in [-0.2, -0.15) is 17.5 Å². The van der Waals surface area contributed by atoms with Gasteiger partial charge in [0.15, 0.2) is 0 Å². The molecule has 5 atom stereocenters. The van der Waals surface area contributed by atoms with E-state index in [1.165, 1.54) is 7.05 Å². The summed E-state index contributed by atoms with van der Waals surface area (Å²) in [4.78, 5) is 25.4. The Bertz CT molecular complexity index is 1190. The van der Waals surface area contributed by atoms with Crippen LogP contribution in [0.5, 0.6) is 0 Å². The van der Waals surface area contributed by atoms with Crippen LogP contribution in [0.2, 0.25) is 0 Å². The van der Waals surface area contributed by atoms with Crippen LogP contribution in [0.25, 0.3) is 0 Å². The monoisotopic (exact) mass is 579 g/mol. The average Bonchev–Trinajstić information content (AvgIpc) is 3.37. The molecule has 2 fully saturated rings. The molecule has 1 aliphatic carbocycles. The lowest BCUT2D eigenvalue weighted by molar-refractivity contribution is -0.140. The highest BCUT2D eigenvalue weighted by molar-refractivity contribution is 7.89. The lowest BCUT2D eigenvalue weighted by atomic mass is 9.82. The Hall–Kier alpha value is -2.41. The van der Waals surface area contributed by atoms with Crippen molar-refractivity contribution in [3.05, 3.63) is 29.6 Å². The molecule has 0 radical (unpaired) electrons. The summed E-state index contributed by atoms with van der Waals surface area (Å²) >= 11 is 0. The van der Waals surface area contributed by atoms with Gasteiger partial charge in [0.2, 0.25) is 15.9 Å². The summed E-state index contributed by atoms with van der Waals surface area (Å²) in [6.45, 7) is 8.21. The van der Waals surface area contributed by atoms with Gasteiger partial charge in [-0.15, -0.1) is 0 Å². The molecule has 2 N–H and O–H groups in total. The van der Waals surface area contributed by atoms with Crippen LogP contribution in [0.3, 0.4) is 0 Å². The number of alkyl halides is 3. The van der Waals surface area contributed by atoms with E-state index >= 15 is 0 Å². The SMILES string of the molecule is C[C@@H](CC(C(=O)N[C@@H]1CC[C@H]2CN(S(=O)(=O)c3ccc(F)c(C(F)(F)F)c3)C[C@H]21)N(C)C(=O)O)CC(C)(C)C. The molecule has 1 aromatic carbocycles. The number of nitrogens with one attached hydrogen (secondary N) is 1. The first-order chi connectivity index (χ1) is 17.8. The smallest absolute Gasteiger partial charge is 0.419 e. The lowest BCUT2D eigenvalue weighted by Gasteiger charge is -2.31. The Morgan fingerprint density at radius 3 is 2.38 bits per heavy atom. The molecular weight excluding hydrogens is 542 g/mol. The Labute approximate surface area is 226 Å². The molecule has 1 heterocycles. The van der Waals surface area contributed by atoms with Gasteiger partial charge in [0, 0.05) is 26.2 Å². The fourth-order valence-electron chi connectivity index (χ4n) is 5.99. The molecular formula is C26H37F4N3O5S. The topological polar surface area (TPSA) is 107 Å². The minimum absolute atomic E-state index is 0.00883. The first-order valence-electron chi connectivity index (χ1n) is 12.9. The van der Waals surface area contributed by atoms with Crippen molar-refractivity contribution in [3.63, 3.8) is 0 Å². The van der Waals surface area contributed by atoms with E-state index in [0.717, 1.165) is 21.7 Å². The zero-order valence-electron chi connectivity index (χ0n) is 22.8. The molecule has 1 saturated heterocycles. The van der Waals surface area contributed by atoms with Crippen molar-refractivity contribution in [2.45, 2.75) is 76.5 Å². The predicted molar refractivity (Wildman–Crippen MR) is 136 cm³/mol. The minimum atomic E-state index is -5.05. The van der Waals surface area contributed by atoms with E-state index in [1.807, 2.05) is 6.92 Å². The van der Waals surface area contributed by atoms with Crippen molar-refractivity contribution in [1.82, 2.24) is 14.5 Å². The van der Waals surface area contributed by atoms with Crippen LogP contribution in [0.4, 0.5) is 22.4 Å². The maximum Gasteiger partial charge on any atom is 0.419 e. The number of rotatable bonds is 8. The number of hydrogen-bond acceptors (Lipinski definition) is 4. The molecule has 0 aromatic heterocycles. The Morgan fingerprint density at radius 2 is 1.82 bits per heavy atom. The van der Waals surface area contributed by atoms with Crippen LogP contribution in [-0.2, 0) is 21.0 Å². The molecule has 1 unspecified atom stereocenters. The van der Waals surface area contributed by atoms with Crippen LogP contribution in [-0.4, -0.2) is 67.0 Å². The second-order valence-electron chi connectivity index (χ2n) is 12.1. The van der Waals surface area contributed by atoms with Crippen molar-refractivity contribution >= 4 is 22.0 Å². The van der Waals surface area contributed by atoms with Gasteiger partial charge in [0.1, 0.15) is 11.9 Å². The van der Waals surface area contributed by atoms with Gasteiger partial charge in [0.25, 0.3) is 0 Å². The summed E-state index contributed by atoms with van der Waals surface area (Å²) < 4.78 is 80.6. The van der Waals surface area contributed by atoms with Gasteiger partial charge in [0.05, 0.1) is 10.5 Å². The fraction of sp³-hybridized carbons (Fsp3) is 0.692. The van der Waals surface area contributed by atoms with Crippen molar-refractivity contribution in [2.24, 2.45) is 23.2 Å². The third kappa shape index (κ3) is 7.22. The molecule has 13 heteroatoms. The third-order valence-electron chi connectivity index (χ3n) is 7.69. The van der Waals surface area contributed by atoms with Crippen molar-refractivity contribution in [1.29, 1.82) is 0 Å². The van der Waals surface area contributed by atoms with E-state index in [-0.39, 0.29) is 36.3 Å². The van der Waals surface area contributed by atoms with Crippen LogP contribution in [0.1, 0.15) is 58.9 Å². The van der Waals surface area contributed by atoms with Crippen LogP contribution >= 0.6 is 0 Å². The highest BCUT2D eigenvalue weighted by Gasteiger charge is 2.48. The maximum atomic E-state index is 13.7. The van der Waals surface area contributed by atoms with Gasteiger partial charge >= 0.3 is 12.3 Å². The number of nitrogens with zero attached hydrogens (tertiary/aromatic N) is 2. The second-order valence-corrected chi connectivity index (χ2v) is 14.0. The standard InChI is InChI=1S/C26H37F4N3O5S/c1-15(12-25(2,3)4)10-22(32(5)24(35)36)23(34)31-21-9-6-16-13-33(14-18(16)21)39(37,38)17-7-8-20(27)19(11-17)26(28,29)30/h7-8,11,15-16,18,21-22H,6,9-10,12-14H2,1-5H3,(H,31,34)(H,35,36)/t15-,16-,18+,21+,22?/m0/s1. The van der Waals surface area contributed by atoms with E-state index in [4.69, 9.17) is 0 Å². The van der Waals surface area contributed by atoms with Crippen LogP contribution in [0, 0.1) is 29.0 Å². The number of fused-ring (bicyclic) bond motifs is 1. The summed E-state index contributed by atoms with van der Waals surface area (Å²) in [5.41, 5.74) is -1.66. The highest BCUT2D eigenvalue weighted by atomic mass is 32.2. The number of sulfonamides is 1. The zero-order chi connectivity index (χ0) is 29.5. The Balaban J connectivity index is 1.74. The number of carbonyl (C=O) groups is 2. The lowest BCUT2D eigenvalue weighted by Crippen LogP contribution is -2.52. The number of halogens is 4. The van der Waals surface area contributed by atoms with E-state index in [9.17, 15) is 40.7 Å². The minimum Gasteiger partial charge on any atom is -0.465 e. The fourth-order valence-corrected chi connectivity index (χ4v) is 7.56. The molecule has 220 valence electrons. The summed E-state index contributed by atoms with van der Waals surface area (Å²) in [5.74, 6) is -2.36. The summed E-state index contributed by atoms with van der Waals surface area (Å²) in [6.07, 6.45) is -4.01. The molecule has 2 amide bonds. The van der Waals surface area contributed by atoms with Crippen LogP contribution < -0.4 is 5.32 Å². The maximum absolute atomic E-state index is 13.7. The summed E-state index contributed by atoms with van der Waals surface area (Å²) in [7, 11) is -3.00. The second kappa shape index (κ2) is 11.2. The Morgan fingerprint density at radius 1 is 1.18 bits per heavy atom. The summed E-state index contributed by atoms with van der Waals surface area (Å²) in [6, 6.07) is 0.279. The van der Waals surface area contributed by atoms with Crippen molar-refractivity contribution < 1.29 is 40.7 Å². The molecule has 1 saturated carbocycles. The molecule has 0 bridgehead atoms. The first kappa shape index (κ1) is 31.1. The van der Waals surface area contributed by atoms with E-state index in [0.29, 0.717) is 31.4 Å². The average molecular weight is 580 g/mol. The molecule has 0 spiro atoms. The van der Waals surface area contributed by atoms with Gasteiger partial charge in [-0.25, -0.2) is 17.6 Å². The van der Waals surface area contributed by atoms with E-state index < -0.39 is 56.6 Å². The van der Waals surface area contributed by atoms with Gasteiger partial charge in [-0.05, 0) is 67.1 Å². The van der Waals surface area contributed by atoms with Gasteiger partial charge < -0.3 is 10.4 Å². The third-order valence-corrected chi connectivity index (χ3v) is 9.52. The number of amides is 2. The molecule has 39 heavy (non-hydrogen) atoms. The van der Waals surface area contributed by atoms with E-state index in [2.05, 4.69) is 26.1 Å². The first-order valence-corrected chi connectivity index (χ1v) is 14.4. The summed E-state index contributed by atoms with van der Waals surface area (Å²) in [5, 5.41) is 12.5. The molecule has 2 aliphatic rings. The molecule has 8 nitrogen and oxygen atoms in total. The number of carboxylic acid groups (broad SMARTS) is 1. The van der Waals surface area contributed by atoms with Gasteiger partial charge in [-0.3, -0.25) is 9.69 Å². The number of carbonyl (C=O) groups excluding carboxylic acids is 1. The van der Waals surface area contributed by atoms with Gasteiger partial charge in [-0.1, -0.05) is 27.7 Å². The molecule has 1 aliphatic heterocycles. The Kier molecular flexibility index (Phi) is 8.96. The largest absolute Gasteiger partial charge is 0.465 e. The number of hydrogen-bond donors (Lipinski definition) is 2. The molecule has 1 aromatic rings. The van der Waals surface area contributed by atoms with Crippen molar-refractivity contribution in [3.8, 4) is 0 Å². The van der Waals surface area contributed by atoms with Crippen molar-refractivity contribution in [2.75, 3.05) is 20.1 Å². The quantitative estimate of drug-likeness (QED) is 0.431. The predicted octanol–water partition coefficient (Wildman–Crippen LogP) is 4.80. The van der Waals surface area contributed by atoms with Crippen LogP contribution in [0.15, 0.2) is 23.1 Å². The zero-order valence-corrected chi connectivity index (χ0v) is 23.6. The normalized spacial score (nSPS) is 23.8. The molecule has 3 rings (SSSR count). The van der Waals surface area contributed by atoms with E-state index in [1.54, 1.807) is 0 Å². The number of benzene rings is 1. The highest BCUT2D eigenvalue weighted by Crippen LogP contribution is 2.41.